The van der Waals surface area contributed by atoms with Gasteiger partial charge in [-0.15, -0.1) is 0 Å². The Morgan fingerprint density at radius 1 is 1.13 bits per heavy atom. The first-order chi connectivity index (χ1) is 10.7. The van der Waals surface area contributed by atoms with Crippen molar-refractivity contribution in [3.8, 4) is 11.1 Å². The Labute approximate surface area is 129 Å². The fraction of sp³-hybridized carbons (Fsp3) is 0.0714. The molecule has 0 radical (unpaired) electrons. The van der Waals surface area contributed by atoms with Gasteiger partial charge in [0, 0.05) is 5.39 Å². The Hall–Kier alpha value is -2.39. The van der Waals surface area contributed by atoms with Crippen LogP contribution in [0.2, 0.25) is 0 Å². The number of fused-ring (bicyclic) bond motifs is 1. The van der Waals surface area contributed by atoms with Crippen LogP contribution in [0.3, 0.4) is 0 Å². The summed E-state index contributed by atoms with van der Waals surface area (Å²) in [4.78, 5) is -0.177. The molecule has 23 heavy (non-hydrogen) atoms. The second kappa shape index (κ2) is 5.07. The summed E-state index contributed by atoms with van der Waals surface area (Å²) in [6.07, 6.45) is -3.15. The number of sulfonamides is 1. The van der Waals surface area contributed by atoms with Crippen molar-refractivity contribution in [1.29, 1.82) is 0 Å². The molecule has 0 amide bonds. The van der Waals surface area contributed by atoms with E-state index in [0.29, 0.717) is 10.9 Å². The number of aromatic nitrogens is 2. The number of nitrogens with two attached hydrogens (primary N) is 1. The highest BCUT2D eigenvalue weighted by atomic mass is 32.2. The quantitative estimate of drug-likeness (QED) is 0.751. The van der Waals surface area contributed by atoms with E-state index in [1.54, 1.807) is 0 Å². The average molecular weight is 341 g/mol. The summed E-state index contributed by atoms with van der Waals surface area (Å²) in [5.74, 6) is 0. The van der Waals surface area contributed by atoms with Gasteiger partial charge >= 0.3 is 6.18 Å². The van der Waals surface area contributed by atoms with Gasteiger partial charge in [0.2, 0.25) is 10.0 Å². The van der Waals surface area contributed by atoms with Gasteiger partial charge in [-0.05, 0) is 35.4 Å². The molecule has 3 N–H and O–H groups in total. The predicted octanol–water partition coefficient (Wildman–Crippen LogP) is 2.90. The third kappa shape index (κ3) is 2.92. The van der Waals surface area contributed by atoms with E-state index < -0.39 is 21.8 Å². The fourth-order valence-corrected chi connectivity index (χ4v) is 2.85. The molecule has 0 saturated heterocycles. The molecule has 0 bridgehead atoms. The normalized spacial score (nSPS) is 12.7. The van der Waals surface area contributed by atoms with E-state index in [-0.39, 0.29) is 16.0 Å². The lowest BCUT2D eigenvalue weighted by Crippen LogP contribution is -2.12. The maximum Gasteiger partial charge on any atom is 0.416 e. The molecule has 5 nitrogen and oxygen atoms in total. The molecular weight excluding hydrogens is 331 g/mol. The number of hydrogen-bond acceptors (Lipinski definition) is 3. The van der Waals surface area contributed by atoms with Crippen molar-refractivity contribution in [2.75, 3.05) is 0 Å². The maximum absolute atomic E-state index is 13.0. The number of halogens is 3. The average Bonchev–Trinajstić information content (AvgIpc) is 2.93. The summed E-state index contributed by atoms with van der Waals surface area (Å²) in [7, 11) is -3.96. The summed E-state index contributed by atoms with van der Waals surface area (Å²) in [5.41, 5.74) is -0.135. The highest BCUT2D eigenvalue weighted by Gasteiger charge is 2.31. The zero-order valence-electron chi connectivity index (χ0n) is 11.4. The molecule has 0 fully saturated rings. The number of benzene rings is 2. The van der Waals surface area contributed by atoms with Gasteiger partial charge in [0.05, 0.1) is 22.2 Å². The van der Waals surface area contributed by atoms with Crippen molar-refractivity contribution in [3.05, 3.63) is 48.2 Å². The molecule has 0 aliphatic carbocycles. The monoisotopic (exact) mass is 341 g/mol. The highest BCUT2D eigenvalue weighted by Crippen LogP contribution is 2.36. The summed E-state index contributed by atoms with van der Waals surface area (Å²) < 4.78 is 62.0. The third-order valence-corrected chi connectivity index (χ3v) is 4.27. The first-order valence-electron chi connectivity index (χ1n) is 6.34. The van der Waals surface area contributed by atoms with Gasteiger partial charge in [-0.3, -0.25) is 5.10 Å². The Bertz CT molecular complexity index is 994. The summed E-state index contributed by atoms with van der Waals surface area (Å²) in [5, 5.41) is 11.8. The minimum absolute atomic E-state index is 0.177. The number of nitrogens with one attached hydrogen (secondary N) is 1. The summed E-state index contributed by atoms with van der Waals surface area (Å²) >= 11 is 0. The number of nitrogens with zero attached hydrogens (tertiary/aromatic N) is 1. The molecule has 3 rings (SSSR count). The topological polar surface area (TPSA) is 88.8 Å². The minimum Gasteiger partial charge on any atom is -0.278 e. The SMILES string of the molecule is NS(=O)(=O)c1cccc(-c2cc(C(F)(F)F)cc3[nH]ncc23)c1. The minimum atomic E-state index is -4.54. The van der Waals surface area contributed by atoms with Gasteiger partial charge in [0.25, 0.3) is 0 Å². The molecule has 1 aromatic heterocycles. The van der Waals surface area contributed by atoms with Crippen molar-refractivity contribution in [3.63, 3.8) is 0 Å². The second-order valence-electron chi connectivity index (χ2n) is 4.93. The molecule has 0 unspecified atom stereocenters. The van der Waals surface area contributed by atoms with Crippen LogP contribution in [-0.4, -0.2) is 18.6 Å². The molecule has 0 saturated carbocycles. The lowest BCUT2D eigenvalue weighted by Gasteiger charge is -2.11. The molecule has 2 aromatic carbocycles. The van der Waals surface area contributed by atoms with E-state index in [4.69, 9.17) is 5.14 Å². The Morgan fingerprint density at radius 3 is 2.52 bits per heavy atom. The van der Waals surface area contributed by atoms with Crippen LogP contribution in [0.1, 0.15) is 5.56 Å². The number of primary sulfonamides is 1. The Balaban J connectivity index is 2.29. The molecule has 0 aliphatic heterocycles. The van der Waals surface area contributed by atoms with Crippen LogP contribution in [0.5, 0.6) is 0 Å². The zero-order valence-corrected chi connectivity index (χ0v) is 12.2. The maximum atomic E-state index is 13.0. The van der Waals surface area contributed by atoms with Crippen molar-refractivity contribution in [2.24, 2.45) is 5.14 Å². The van der Waals surface area contributed by atoms with E-state index in [9.17, 15) is 21.6 Å². The van der Waals surface area contributed by atoms with Crippen LogP contribution in [0, 0.1) is 0 Å². The van der Waals surface area contributed by atoms with Crippen LogP contribution in [0.4, 0.5) is 13.2 Å². The summed E-state index contributed by atoms with van der Waals surface area (Å²) in [6, 6.07) is 7.35. The Kier molecular flexibility index (Phi) is 3.42. The van der Waals surface area contributed by atoms with E-state index in [1.165, 1.54) is 30.5 Å². The smallest absolute Gasteiger partial charge is 0.278 e. The van der Waals surface area contributed by atoms with Gasteiger partial charge in [0.15, 0.2) is 0 Å². The van der Waals surface area contributed by atoms with Crippen LogP contribution in [-0.2, 0) is 16.2 Å². The Morgan fingerprint density at radius 2 is 1.87 bits per heavy atom. The van der Waals surface area contributed by atoms with Crippen molar-refractivity contribution >= 4 is 20.9 Å². The van der Waals surface area contributed by atoms with Gasteiger partial charge in [-0.25, -0.2) is 13.6 Å². The number of rotatable bonds is 2. The lowest BCUT2D eigenvalue weighted by atomic mass is 9.99. The zero-order chi connectivity index (χ0) is 16.8. The number of alkyl halides is 3. The van der Waals surface area contributed by atoms with Crippen molar-refractivity contribution in [1.82, 2.24) is 10.2 Å². The third-order valence-electron chi connectivity index (χ3n) is 3.36. The molecule has 3 aromatic rings. The predicted molar refractivity (Wildman–Crippen MR) is 77.9 cm³/mol. The number of aromatic amines is 1. The largest absolute Gasteiger partial charge is 0.416 e. The van der Waals surface area contributed by atoms with Crippen LogP contribution in [0.15, 0.2) is 47.5 Å². The van der Waals surface area contributed by atoms with Crippen LogP contribution < -0.4 is 5.14 Å². The van der Waals surface area contributed by atoms with Gasteiger partial charge < -0.3 is 0 Å². The standard InChI is InChI=1S/C14H10F3N3O2S/c15-14(16,17)9-5-11(12-7-19-20-13(12)6-9)8-2-1-3-10(4-8)23(18,21)22/h1-7H,(H,19,20)(H2,18,21,22). The molecule has 0 atom stereocenters. The van der Waals surface area contributed by atoms with E-state index >= 15 is 0 Å². The number of H-pyrrole nitrogens is 1. The lowest BCUT2D eigenvalue weighted by molar-refractivity contribution is -0.137. The molecule has 120 valence electrons. The van der Waals surface area contributed by atoms with Gasteiger partial charge in [-0.2, -0.15) is 18.3 Å². The number of hydrogen-bond donors (Lipinski definition) is 2. The van der Waals surface area contributed by atoms with Crippen molar-refractivity contribution in [2.45, 2.75) is 11.1 Å². The van der Waals surface area contributed by atoms with Crippen LogP contribution in [0.25, 0.3) is 22.0 Å². The molecule has 1 heterocycles. The second-order valence-corrected chi connectivity index (χ2v) is 6.49. The van der Waals surface area contributed by atoms with E-state index in [2.05, 4.69) is 10.2 Å². The fourth-order valence-electron chi connectivity index (χ4n) is 2.29. The van der Waals surface area contributed by atoms with E-state index in [1.807, 2.05) is 0 Å². The molecule has 0 spiro atoms. The molecular formula is C14H10F3N3O2S. The summed E-state index contributed by atoms with van der Waals surface area (Å²) in [6.45, 7) is 0. The first kappa shape index (κ1) is 15.5. The molecule has 9 heteroatoms. The molecule has 0 aliphatic rings. The van der Waals surface area contributed by atoms with Crippen LogP contribution >= 0.6 is 0 Å². The first-order valence-corrected chi connectivity index (χ1v) is 7.88. The van der Waals surface area contributed by atoms with Crippen molar-refractivity contribution < 1.29 is 21.6 Å². The highest BCUT2D eigenvalue weighted by molar-refractivity contribution is 7.89. The van der Waals surface area contributed by atoms with Gasteiger partial charge in [0.1, 0.15) is 0 Å². The van der Waals surface area contributed by atoms with E-state index in [0.717, 1.165) is 12.1 Å². The van der Waals surface area contributed by atoms with Gasteiger partial charge in [-0.1, -0.05) is 12.1 Å².